The van der Waals surface area contributed by atoms with Crippen molar-refractivity contribution < 1.29 is 4.79 Å². The molecule has 0 fully saturated rings. The van der Waals surface area contributed by atoms with Crippen molar-refractivity contribution in [3.8, 4) is 0 Å². The predicted octanol–water partition coefficient (Wildman–Crippen LogP) is 2.41. The number of aromatic nitrogens is 1. The zero-order chi connectivity index (χ0) is 14.4. The molecule has 0 aliphatic heterocycles. The van der Waals surface area contributed by atoms with Gasteiger partial charge in [0.1, 0.15) is 5.69 Å². The number of thioether (sulfide) groups is 1. The van der Waals surface area contributed by atoms with E-state index < -0.39 is 0 Å². The molecule has 0 aromatic carbocycles. The summed E-state index contributed by atoms with van der Waals surface area (Å²) in [5.74, 6) is 0.848. The van der Waals surface area contributed by atoms with E-state index in [1.54, 1.807) is 31.1 Å². The summed E-state index contributed by atoms with van der Waals surface area (Å²) in [6, 6.07) is 1.35. The summed E-state index contributed by atoms with van der Waals surface area (Å²) in [4.78, 5) is 23.7. The van der Waals surface area contributed by atoms with Gasteiger partial charge in [-0.3, -0.25) is 4.79 Å². The van der Waals surface area contributed by atoms with Gasteiger partial charge in [-0.2, -0.15) is 11.8 Å². The summed E-state index contributed by atoms with van der Waals surface area (Å²) >= 11 is 4.97. The Kier molecular flexibility index (Phi) is 6.44. The topological polar surface area (TPSA) is 63.1 Å². The molecule has 0 radical (unpaired) electrons. The highest BCUT2D eigenvalue weighted by Gasteiger charge is 2.12. The minimum absolute atomic E-state index is 0.103. The van der Waals surface area contributed by atoms with Gasteiger partial charge in [0, 0.05) is 29.5 Å². The monoisotopic (exact) mass is 347 g/mol. The van der Waals surface area contributed by atoms with E-state index in [4.69, 9.17) is 0 Å². The molecule has 0 aliphatic rings. The highest BCUT2D eigenvalue weighted by Crippen LogP contribution is 2.11. The van der Waals surface area contributed by atoms with Gasteiger partial charge in [-0.1, -0.05) is 6.92 Å². The SMILES string of the molecule is CCC(CSC)NC(=O)Nc1cc(Br)cn(C)c1=O. The summed E-state index contributed by atoms with van der Waals surface area (Å²) < 4.78 is 2.15. The fraction of sp³-hybridized carbons (Fsp3) is 0.500. The van der Waals surface area contributed by atoms with E-state index in [9.17, 15) is 9.59 Å². The lowest BCUT2D eigenvalue weighted by atomic mass is 10.3. The first-order chi connectivity index (χ1) is 8.97. The predicted molar refractivity (Wildman–Crippen MR) is 84.0 cm³/mol. The van der Waals surface area contributed by atoms with Gasteiger partial charge < -0.3 is 15.2 Å². The number of halogens is 1. The van der Waals surface area contributed by atoms with Crippen LogP contribution in [0.5, 0.6) is 0 Å². The van der Waals surface area contributed by atoms with Gasteiger partial charge in [0.2, 0.25) is 0 Å². The van der Waals surface area contributed by atoms with Gasteiger partial charge in [0.15, 0.2) is 0 Å². The van der Waals surface area contributed by atoms with Crippen molar-refractivity contribution in [1.29, 1.82) is 0 Å². The lowest BCUT2D eigenvalue weighted by Gasteiger charge is -2.16. The van der Waals surface area contributed by atoms with Crippen LogP contribution in [0, 0.1) is 0 Å². The third-order valence-electron chi connectivity index (χ3n) is 2.59. The molecule has 1 rings (SSSR count). The van der Waals surface area contributed by atoms with Gasteiger partial charge >= 0.3 is 6.03 Å². The minimum atomic E-state index is -0.351. The molecule has 0 spiro atoms. The van der Waals surface area contributed by atoms with Gasteiger partial charge in [0.05, 0.1) is 0 Å². The molecule has 0 bridgehead atoms. The van der Waals surface area contributed by atoms with Crippen LogP contribution in [-0.4, -0.2) is 28.6 Å². The van der Waals surface area contributed by atoms with Crippen LogP contribution in [0.4, 0.5) is 10.5 Å². The van der Waals surface area contributed by atoms with Crippen LogP contribution in [0.25, 0.3) is 0 Å². The Morgan fingerprint density at radius 2 is 2.26 bits per heavy atom. The number of rotatable bonds is 5. The second-order valence-corrected chi connectivity index (χ2v) is 5.97. The van der Waals surface area contributed by atoms with E-state index in [0.29, 0.717) is 0 Å². The van der Waals surface area contributed by atoms with E-state index in [1.165, 1.54) is 4.57 Å². The summed E-state index contributed by atoms with van der Waals surface area (Å²) in [6.45, 7) is 2.01. The third kappa shape index (κ3) is 4.91. The average Bonchev–Trinajstić information content (AvgIpc) is 2.34. The summed E-state index contributed by atoms with van der Waals surface area (Å²) in [6.07, 6.45) is 4.49. The van der Waals surface area contributed by atoms with Gasteiger partial charge in [0.25, 0.3) is 5.56 Å². The smallest absolute Gasteiger partial charge is 0.319 e. The molecule has 106 valence electrons. The van der Waals surface area contributed by atoms with Crippen LogP contribution >= 0.6 is 27.7 Å². The summed E-state index contributed by atoms with van der Waals surface area (Å²) in [5.41, 5.74) is 0.0182. The quantitative estimate of drug-likeness (QED) is 0.859. The van der Waals surface area contributed by atoms with E-state index in [2.05, 4.69) is 26.6 Å². The van der Waals surface area contributed by atoms with Crippen LogP contribution in [-0.2, 0) is 7.05 Å². The maximum Gasteiger partial charge on any atom is 0.319 e. The number of carbonyl (C=O) groups is 1. The van der Waals surface area contributed by atoms with Crippen molar-refractivity contribution in [2.45, 2.75) is 19.4 Å². The van der Waals surface area contributed by atoms with Crippen LogP contribution in [0.2, 0.25) is 0 Å². The average molecular weight is 348 g/mol. The molecule has 0 saturated heterocycles. The normalized spacial score (nSPS) is 12.0. The van der Waals surface area contributed by atoms with Crippen molar-refractivity contribution in [2.75, 3.05) is 17.3 Å². The molecular formula is C12H18BrN3O2S. The molecule has 19 heavy (non-hydrogen) atoms. The molecular weight excluding hydrogens is 330 g/mol. The zero-order valence-corrected chi connectivity index (χ0v) is 13.6. The molecule has 0 saturated carbocycles. The molecule has 1 heterocycles. The Balaban J connectivity index is 2.74. The molecule has 7 heteroatoms. The van der Waals surface area contributed by atoms with E-state index in [0.717, 1.165) is 16.6 Å². The number of aryl methyl sites for hydroxylation is 1. The fourth-order valence-electron chi connectivity index (χ4n) is 1.57. The number of hydrogen-bond donors (Lipinski definition) is 2. The maximum absolute atomic E-state index is 11.8. The number of hydrogen-bond acceptors (Lipinski definition) is 3. The molecule has 1 aromatic heterocycles. The molecule has 2 amide bonds. The Hall–Kier alpha value is -0.950. The van der Waals surface area contributed by atoms with Crippen LogP contribution in [0.15, 0.2) is 21.5 Å². The second kappa shape index (κ2) is 7.59. The fourth-order valence-corrected chi connectivity index (χ4v) is 2.82. The van der Waals surface area contributed by atoms with E-state index in [-0.39, 0.29) is 23.3 Å². The molecule has 1 aromatic rings. The van der Waals surface area contributed by atoms with Crippen molar-refractivity contribution in [1.82, 2.24) is 9.88 Å². The van der Waals surface area contributed by atoms with Crippen LogP contribution in [0.1, 0.15) is 13.3 Å². The van der Waals surface area contributed by atoms with Gasteiger partial charge in [-0.25, -0.2) is 4.79 Å². The minimum Gasteiger partial charge on any atom is -0.334 e. The highest BCUT2D eigenvalue weighted by molar-refractivity contribution is 9.10. The van der Waals surface area contributed by atoms with Crippen LogP contribution < -0.4 is 16.2 Å². The molecule has 0 aliphatic carbocycles. The lowest BCUT2D eigenvalue weighted by Crippen LogP contribution is -2.40. The zero-order valence-electron chi connectivity index (χ0n) is 11.2. The Labute approximate surface area is 125 Å². The lowest BCUT2D eigenvalue weighted by molar-refractivity contribution is 0.249. The third-order valence-corrected chi connectivity index (χ3v) is 3.76. The van der Waals surface area contributed by atoms with Gasteiger partial charge in [-0.15, -0.1) is 0 Å². The Morgan fingerprint density at radius 3 is 2.84 bits per heavy atom. The molecule has 1 unspecified atom stereocenters. The van der Waals surface area contributed by atoms with E-state index >= 15 is 0 Å². The number of amides is 2. The van der Waals surface area contributed by atoms with Crippen molar-refractivity contribution in [3.05, 3.63) is 27.1 Å². The van der Waals surface area contributed by atoms with E-state index in [1.807, 2.05) is 13.2 Å². The number of nitrogens with zero attached hydrogens (tertiary/aromatic N) is 1. The first kappa shape index (κ1) is 16.1. The van der Waals surface area contributed by atoms with Crippen molar-refractivity contribution in [2.24, 2.45) is 7.05 Å². The molecule has 1 atom stereocenters. The summed E-state index contributed by atoms with van der Waals surface area (Å²) in [7, 11) is 1.64. The number of pyridine rings is 1. The first-order valence-electron chi connectivity index (χ1n) is 5.90. The largest absolute Gasteiger partial charge is 0.334 e. The number of carbonyl (C=O) groups excluding carboxylic acids is 1. The number of anilines is 1. The van der Waals surface area contributed by atoms with Gasteiger partial charge in [-0.05, 0) is 34.7 Å². The second-order valence-electron chi connectivity index (χ2n) is 4.15. The van der Waals surface area contributed by atoms with Crippen molar-refractivity contribution >= 4 is 39.4 Å². The standard InChI is InChI=1S/C12H18BrN3O2S/c1-4-9(7-19-3)14-12(18)15-10-5-8(13)6-16(2)11(10)17/h5-6,9H,4,7H2,1-3H3,(H2,14,15,18). The molecule has 5 nitrogen and oxygen atoms in total. The highest BCUT2D eigenvalue weighted by atomic mass is 79.9. The Morgan fingerprint density at radius 1 is 1.58 bits per heavy atom. The number of nitrogens with one attached hydrogen (secondary N) is 2. The summed E-state index contributed by atoms with van der Waals surface area (Å²) in [5, 5.41) is 5.44. The first-order valence-corrected chi connectivity index (χ1v) is 8.09. The van der Waals surface area contributed by atoms with Crippen LogP contribution in [0.3, 0.4) is 0 Å². The van der Waals surface area contributed by atoms with Crippen molar-refractivity contribution in [3.63, 3.8) is 0 Å². The number of urea groups is 1. The maximum atomic E-state index is 11.8. The molecule has 2 N–H and O–H groups in total. The Bertz CT molecular complexity index is 504.